The number of furan rings is 1. The molecule has 2 aromatic heterocycles. The van der Waals surface area contributed by atoms with Gasteiger partial charge in [-0.25, -0.2) is 0 Å². The van der Waals surface area contributed by atoms with Crippen LogP contribution in [0.2, 0.25) is 0 Å². The number of fused-ring (bicyclic) bond motifs is 9. The largest absolute Gasteiger partial charge is 0.481 e. The van der Waals surface area contributed by atoms with Gasteiger partial charge in [0.1, 0.15) is 5.76 Å². The van der Waals surface area contributed by atoms with E-state index in [9.17, 15) is 19.2 Å². The molecule has 10 heteroatoms. The Hall–Kier alpha value is -2.33. The van der Waals surface area contributed by atoms with Gasteiger partial charge in [-0.1, -0.05) is 11.3 Å². The quantitative estimate of drug-likeness (QED) is 0.689. The second-order valence-electron chi connectivity index (χ2n) is 8.45. The summed E-state index contributed by atoms with van der Waals surface area (Å²) in [6, 6.07) is 3.74. The number of carboxylic acid groups (broad SMARTS) is 1. The van der Waals surface area contributed by atoms with Gasteiger partial charge in [0.15, 0.2) is 0 Å². The van der Waals surface area contributed by atoms with Crippen molar-refractivity contribution in [1.82, 2.24) is 9.88 Å². The van der Waals surface area contributed by atoms with Crippen LogP contribution in [0.3, 0.4) is 0 Å². The molecule has 30 heavy (non-hydrogen) atoms. The highest BCUT2D eigenvalue weighted by atomic mass is 32.2. The Morgan fingerprint density at radius 2 is 2.00 bits per heavy atom. The summed E-state index contributed by atoms with van der Waals surface area (Å²) in [5, 5.41) is 9.94. The fourth-order valence-corrected chi connectivity index (χ4v) is 9.16. The number of hydrogen-bond acceptors (Lipinski definition) is 7. The third-order valence-corrected chi connectivity index (χ3v) is 9.80. The van der Waals surface area contributed by atoms with Crippen molar-refractivity contribution in [2.24, 2.45) is 29.6 Å². The average Bonchev–Trinajstić information content (AvgIpc) is 3.48. The number of nitrogens with one attached hydrogen (secondary N) is 1. The Labute approximate surface area is 178 Å². The van der Waals surface area contributed by atoms with Gasteiger partial charge >= 0.3 is 10.8 Å². The van der Waals surface area contributed by atoms with Crippen LogP contribution in [0.1, 0.15) is 29.4 Å². The molecule has 7 atom stereocenters. The van der Waals surface area contributed by atoms with Crippen molar-refractivity contribution in [3.05, 3.63) is 38.7 Å². The lowest BCUT2D eigenvalue weighted by molar-refractivity contribution is -0.142. The molecule has 3 fully saturated rings. The van der Waals surface area contributed by atoms with Gasteiger partial charge < -0.3 is 14.5 Å². The van der Waals surface area contributed by atoms with Crippen molar-refractivity contribution in [2.45, 2.75) is 29.0 Å². The molecular weight excluding hydrogens is 428 g/mol. The lowest BCUT2D eigenvalue weighted by Crippen LogP contribution is -2.42. The number of imide groups is 1. The number of carbonyl (C=O) groups is 3. The molecule has 4 heterocycles. The van der Waals surface area contributed by atoms with Crippen LogP contribution in [-0.2, 0) is 14.4 Å². The highest BCUT2D eigenvalue weighted by Crippen LogP contribution is 2.68. The second-order valence-corrected chi connectivity index (χ2v) is 10.7. The first-order valence-corrected chi connectivity index (χ1v) is 11.7. The van der Waals surface area contributed by atoms with E-state index in [1.165, 1.54) is 16.2 Å². The number of carboxylic acids is 1. The number of thioether (sulfide) groups is 1. The number of amides is 2. The van der Waals surface area contributed by atoms with E-state index in [1.807, 2.05) is 12.1 Å². The molecule has 1 saturated heterocycles. The van der Waals surface area contributed by atoms with Crippen LogP contribution in [0.15, 0.2) is 32.6 Å². The first-order chi connectivity index (χ1) is 14.5. The lowest BCUT2D eigenvalue weighted by atomic mass is 9.69. The first kappa shape index (κ1) is 18.4. The molecule has 2 aliphatic carbocycles. The fourth-order valence-electron chi connectivity index (χ4n) is 6.29. The number of nitrogens with zero attached hydrogens (tertiary/aromatic N) is 1. The van der Waals surface area contributed by atoms with Crippen LogP contribution in [-0.4, -0.2) is 44.6 Å². The van der Waals surface area contributed by atoms with E-state index in [1.54, 1.807) is 18.0 Å². The molecule has 0 spiro atoms. The highest BCUT2D eigenvalue weighted by Gasteiger charge is 2.69. The van der Waals surface area contributed by atoms with Crippen molar-refractivity contribution in [2.75, 3.05) is 6.54 Å². The zero-order chi connectivity index (χ0) is 20.7. The Kier molecular flexibility index (Phi) is 3.89. The van der Waals surface area contributed by atoms with Gasteiger partial charge in [-0.15, -0.1) is 11.8 Å². The van der Waals surface area contributed by atoms with Gasteiger partial charge in [0.2, 0.25) is 11.8 Å². The van der Waals surface area contributed by atoms with Crippen molar-refractivity contribution in [3.8, 4) is 0 Å². The Bertz CT molecular complexity index is 1120. The summed E-state index contributed by atoms with van der Waals surface area (Å²) in [7, 11) is 0. The topological polar surface area (TPSA) is 121 Å². The molecule has 2 aliphatic heterocycles. The molecule has 2 saturated carbocycles. The van der Waals surface area contributed by atoms with Crippen LogP contribution < -0.4 is 4.87 Å². The van der Waals surface area contributed by atoms with Gasteiger partial charge in [0, 0.05) is 11.8 Å². The minimum Gasteiger partial charge on any atom is -0.481 e. The Morgan fingerprint density at radius 3 is 2.70 bits per heavy atom. The minimum absolute atomic E-state index is 0.0178. The molecular formula is C20H18N2O6S2. The Morgan fingerprint density at radius 1 is 1.23 bits per heavy atom. The molecule has 2 aromatic rings. The van der Waals surface area contributed by atoms with Crippen LogP contribution >= 0.6 is 23.1 Å². The zero-order valence-electron chi connectivity index (χ0n) is 15.6. The summed E-state index contributed by atoms with van der Waals surface area (Å²) in [6.07, 6.45) is 2.19. The van der Waals surface area contributed by atoms with Crippen LogP contribution in [0, 0.1) is 29.6 Å². The normalized spacial score (nSPS) is 36.1. The van der Waals surface area contributed by atoms with Gasteiger partial charge in [-0.3, -0.25) is 24.1 Å². The summed E-state index contributed by atoms with van der Waals surface area (Å²) < 4.78 is 5.75. The van der Waals surface area contributed by atoms with Crippen LogP contribution in [0.5, 0.6) is 0 Å². The summed E-state index contributed by atoms with van der Waals surface area (Å²) in [6.45, 7) is -0.0653. The minimum atomic E-state index is -1.02. The van der Waals surface area contributed by atoms with E-state index in [-0.39, 0.29) is 64.5 Å². The number of rotatable bonds is 4. The number of carbonyl (C=O) groups excluding carboxylic acids is 2. The molecule has 2 amide bonds. The maximum absolute atomic E-state index is 13.1. The molecule has 8 nitrogen and oxygen atoms in total. The number of H-pyrrole nitrogens is 1. The standard InChI is InChI=1S/C20H18N2O6S2/c23-10(24)3-4-22-18(25)12-7-6-8(13(12)19(22)26)15-11(7)14(9-2-1-5-28-9)16-17(29-15)21-20(27)30-16/h1-2,5,7-8,11-15H,3-4,6H2,(H,21,27)(H,23,24)/t7-,8-,11-,12+,13-,14-,15+/m1/s1. The number of aliphatic carboxylic acids is 1. The van der Waals surface area contributed by atoms with E-state index in [0.717, 1.165) is 22.1 Å². The molecule has 2 bridgehead atoms. The van der Waals surface area contributed by atoms with Gasteiger partial charge in [0.05, 0.1) is 40.3 Å². The monoisotopic (exact) mass is 446 g/mol. The maximum atomic E-state index is 13.1. The molecule has 4 aliphatic rings. The first-order valence-electron chi connectivity index (χ1n) is 9.95. The predicted molar refractivity (Wildman–Crippen MR) is 106 cm³/mol. The van der Waals surface area contributed by atoms with Crippen molar-refractivity contribution < 1.29 is 23.9 Å². The highest BCUT2D eigenvalue weighted by molar-refractivity contribution is 8.00. The summed E-state index contributed by atoms with van der Waals surface area (Å²) in [4.78, 5) is 54.2. The predicted octanol–water partition coefficient (Wildman–Crippen LogP) is 1.98. The van der Waals surface area contributed by atoms with Crippen molar-refractivity contribution >= 4 is 40.9 Å². The number of thiazole rings is 1. The zero-order valence-corrected chi connectivity index (χ0v) is 17.3. The van der Waals surface area contributed by atoms with Crippen LogP contribution in [0.25, 0.3) is 0 Å². The molecule has 6 rings (SSSR count). The summed E-state index contributed by atoms with van der Waals surface area (Å²) in [5.41, 5.74) is 0. The van der Waals surface area contributed by atoms with Gasteiger partial charge in [-0.05, 0) is 36.3 Å². The molecule has 0 unspecified atom stereocenters. The van der Waals surface area contributed by atoms with Gasteiger partial charge in [0.25, 0.3) is 0 Å². The van der Waals surface area contributed by atoms with Crippen molar-refractivity contribution in [3.63, 3.8) is 0 Å². The Balaban J connectivity index is 1.40. The maximum Gasteiger partial charge on any atom is 0.305 e. The number of aromatic amines is 1. The van der Waals surface area contributed by atoms with E-state index >= 15 is 0 Å². The smallest absolute Gasteiger partial charge is 0.305 e. The SMILES string of the molecule is O=C(O)CCN1C(=O)[C@@H]2[C@H]3C[C@@H]([C@@H]2C1=O)[C@@H]1[C@@H](c2ccco2)c2sc(=O)[nH]c2S[C@@H]31. The molecule has 156 valence electrons. The van der Waals surface area contributed by atoms with E-state index in [4.69, 9.17) is 9.52 Å². The van der Waals surface area contributed by atoms with E-state index in [0.29, 0.717) is 0 Å². The molecule has 0 aromatic carbocycles. The third-order valence-electron chi connectivity index (χ3n) is 7.21. The fraction of sp³-hybridized carbons (Fsp3) is 0.500. The van der Waals surface area contributed by atoms with E-state index in [2.05, 4.69) is 4.98 Å². The molecule has 0 radical (unpaired) electrons. The van der Waals surface area contributed by atoms with Crippen molar-refractivity contribution in [1.29, 1.82) is 0 Å². The lowest BCUT2D eigenvalue weighted by Gasteiger charge is -2.42. The average molecular weight is 447 g/mol. The third kappa shape index (κ3) is 2.34. The van der Waals surface area contributed by atoms with Crippen LogP contribution in [0.4, 0.5) is 0 Å². The molecule has 2 N–H and O–H groups in total. The number of aromatic nitrogens is 1. The summed E-state index contributed by atoms with van der Waals surface area (Å²) >= 11 is 2.81. The number of likely N-dealkylation sites (tertiary alicyclic amines) is 1. The number of hydrogen-bond donors (Lipinski definition) is 2. The van der Waals surface area contributed by atoms with Gasteiger partial charge in [-0.2, -0.15) is 0 Å². The second kappa shape index (κ2) is 6.34. The summed E-state index contributed by atoms with van der Waals surface area (Å²) in [5.74, 6) is -1.43. The van der Waals surface area contributed by atoms with E-state index < -0.39 is 11.9 Å².